The Morgan fingerprint density at radius 1 is 1.08 bits per heavy atom. The first-order valence-corrected chi connectivity index (χ1v) is 8.17. The molecule has 0 saturated carbocycles. The van der Waals surface area contributed by atoms with Gasteiger partial charge < -0.3 is 15.2 Å². The van der Waals surface area contributed by atoms with E-state index in [-0.39, 0.29) is 6.04 Å². The van der Waals surface area contributed by atoms with Crippen molar-refractivity contribution in [1.29, 1.82) is 0 Å². The van der Waals surface area contributed by atoms with Crippen LogP contribution in [0.4, 0.5) is 5.69 Å². The Bertz CT molecular complexity index is 696. The van der Waals surface area contributed by atoms with Gasteiger partial charge >= 0.3 is 0 Å². The summed E-state index contributed by atoms with van der Waals surface area (Å²) < 4.78 is 10.8. The topological polar surface area (TPSA) is 60.1 Å². The molecule has 2 N–H and O–H groups in total. The Morgan fingerprint density at radius 2 is 1.75 bits per heavy atom. The Hall–Kier alpha value is -2.53. The third kappa shape index (κ3) is 3.36. The number of hydrogen-bond donors (Lipinski definition) is 1. The first-order chi connectivity index (χ1) is 11.7. The van der Waals surface area contributed by atoms with Crippen molar-refractivity contribution in [2.75, 3.05) is 25.3 Å². The lowest BCUT2D eigenvalue weighted by Crippen LogP contribution is -2.18. The molecular formula is C19H23N3O2. The van der Waals surface area contributed by atoms with Crippen LogP contribution >= 0.6 is 0 Å². The predicted octanol–water partition coefficient (Wildman–Crippen LogP) is 3.36. The van der Waals surface area contributed by atoms with Crippen molar-refractivity contribution in [3.8, 4) is 11.5 Å². The van der Waals surface area contributed by atoms with Crippen molar-refractivity contribution in [2.24, 2.45) is 10.8 Å². The summed E-state index contributed by atoms with van der Waals surface area (Å²) >= 11 is 0. The number of rotatable bonds is 6. The van der Waals surface area contributed by atoms with E-state index in [0.717, 1.165) is 29.3 Å². The molecule has 2 aromatic rings. The monoisotopic (exact) mass is 325 g/mol. The van der Waals surface area contributed by atoms with Gasteiger partial charge in [-0.25, -0.2) is 0 Å². The number of methoxy groups -OCH3 is 1. The van der Waals surface area contributed by atoms with Gasteiger partial charge in [0.15, 0.2) is 0 Å². The molecule has 0 aliphatic carbocycles. The lowest BCUT2D eigenvalue weighted by atomic mass is 10.0. The molecule has 3 rings (SSSR count). The molecule has 1 aliphatic heterocycles. The van der Waals surface area contributed by atoms with E-state index in [0.29, 0.717) is 13.2 Å². The summed E-state index contributed by atoms with van der Waals surface area (Å²) in [5, 5.41) is 6.74. The van der Waals surface area contributed by atoms with E-state index in [9.17, 15) is 0 Å². The molecule has 0 radical (unpaired) electrons. The van der Waals surface area contributed by atoms with Gasteiger partial charge in [0.2, 0.25) is 0 Å². The van der Waals surface area contributed by atoms with E-state index in [2.05, 4.69) is 12.1 Å². The van der Waals surface area contributed by atoms with Crippen molar-refractivity contribution in [1.82, 2.24) is 0 Å². The van der Waals surface area contributed by atoms with Crippen LogP contribution in [0.15, 0.2) is 53.6 Å². The first-order valence-electron chi connectivity index (χ1n) is 8.17. The molecule has 0 saturated heterocycles. The third-order valence-corrected chi connectivity index (χ3v) is 4.12. The highest BCUT2D eigenvalue weighted by atomic mass is 16.5. The fourth-order valence-corrected chi connectivity index (χ4v) is 2.88. The number of hydrazone groups is 1. The van der Waals surface area contributed by atoms with Gasteiger partial charge in [-0.1, -0.05) is 12.1 Å². The van der Waals surface area contributed by atoms with Crippen LogP contribution in [0.5, 0.6) is 11.5 Å². The molecule has 2 aromatic carbocycles. The van der Waals surface area contributed by atoms with Crippen LogP contribution in [0.1, 0.15) is 24.9 Å². The number of anilines is 1. The largest absolute Gasteiger partial charge is 0.497 e. The molecule has 0 spiro atoms. The summed E-state index contributed by atoms with van der Waals surface area (Å²) in [5.74, 6) is 1.72. The van der Waals surface area contributed by atoms with E-state index in [1.165, 1.54) is 5.56 Å². The molecule has 5 heteroatoms. The Labute approximate surface area is 142 Å². The normalized spacial score (nSPS) is 16.9. The summed E-state index contributed by atoms with van der Waals surface area (Å²) in [4.78, 5) is 0. The van der Waals surface area contributed by atoms with Gasteiger partial charge in [-0.2, -0.15) is 5.10 Å². The van der Waals surface area contributed by atoms with Gasteiger partial charge in [0, 0.05) is 13.0 Å². The highest BCUT2D eigenvalue weighted by molar-refractivity contribution is 5.90. The van der Waals surface area contributed by atoms with E-state index in [4.69, 9.17) is 20.3 Å². The maximum atomic E-state index is 5.83. The second-order valence-corrected chi connectivity index (χ2v) is 5.63. The second-order valence-electron chi connectivity index (χ2n) is 5.63. The highest BCUT2D eigenvalue weighted by Crippen LogP contribution is 2.36. The average molecular weight is 325 g/mol. The molecule has 1 heterocycles. The van der Waals surface area contributed by atoms with E-state index in [1.54, 1.807) is 7.11 Å². The third-order valence-electron chi connectivity index (χ3n) is 4.12. The SMILES string of the molecule is CCOc1ccc(C2CC(CN)=NN2c2ccc(OC)cc2)cc1. The quantitative estimate of drug-likeness (QED) is 0.885. The number of nitrogens with two attached hydrogens (primary N) is 1. The molecule has 1 unspecified atom stereocenters. The Morgan fingerprint density at radius 3 is 2.33 bits per heavy atom. The maximum absolute atomic E-state index is 5.83. The van der Waals surface area contributed by atoms with Crippen molar-refractivity contribution < 1.29 is 9.47 Å². The minimum absolute atomic E-state index is 0.146. The number of benzene rings is 2. The molecular weight excluding hydrogens is 302 g/mol. The van der Waals surface area contributed by atoms with Gasteiger partial charge in [0.1, 0.15) is 11.5 Å². The lowest BCUT2D eigenvalue weighted by molar-refractivity contribution is 0.340. The molecule has 0 bridgehead atoms. The zero-order valence-corrected chi connectivity index (χ0v) is 14.1. The molecule has 0 fully saturated rings. The molecule has 1 atom stereocenters. The van der Waals surface area contributed by atoms with Gasteiger partial charge in [0.25, 0.3) is 0 Å². The van der Waals surface area contributed by atoms with Gasteiger partial charge in [-0.15, -0.1) is 0 Å². The summed E-state index contributed by atoms with van der Waals surface area (Å²) in [6.45, 7) is 3.12. The van der Waals surface area contributed by atoms with Gasteiger partial charge in [-0.05, 0) is 48.9 Å². The maximum Gasteiger partial charge on any atom is 0.119 e. The first kappa shape index (κ1) is 16.3. The summed E-state index contributed by atoms with van der Waals surface area (Å²) in [7, 11) is 1.66. The smallest absolute Gasteiger partial charge is 0.119 e. The van der Waals surface area contributed by atoms with Crippen molar-refractivity contribution in [3.63, 3.8) is 0 Å². The fourth-order valence-electron chi connectivity index (χ4n) is 2.88. The van der Waals surface area contributed by atoms with Crippen LogP contribution in [0.3, 0.4) is 0 Å². The van der Waals surface area contributed by atoms with E-state index < -0.39 is 0 Å². The van der Waals surface area contributed by atoms with Crippen LogP contribution in [-0.2, 0) is 0 Å². The molecule has 126 valence electrons. The van der Waals surface area contributed by atoms with Crippen molar-refractivity contribution >= 4 is 11.4 Å². The standard InChI is InChI=1S/C19H23N3O2/c1-3-24-18-8-4-14(5-9-18)19-12-15(13-20)21-22(19)16-6-10-17(23-2)11-7-16/h4-11,19H,3,12-13,20H2,1-2H3. The minimum Gasteiger partial charge on any atom is -0.497 e. The van der Waals surface area contributed by atoms with Crippen LogP contribution in [0.2, 0.25) is 0 Å². The van der Waals surface area contributed by atoms with E-state index >= 15 is 0 Å². The van der Waals surface area contributed by atoms with Crippen LogP contribution < -0.4 is 20.2 Å². The Kier molecular flexibility index (Phi) is 5.01. The van der Waals surface area contributed by atoms with Crippen LogP contribution in [0, 0.1) is 0 Å². The molecule has 24 heavy (non-hydrogen) atoms. The molecule has 1 aliphatic rings. The van der Waals surface area contributed by atoms with Gasteiger partial charge in [-0.3, -0.25) is 5.01 Å². The number of ether oxygens (including phenoxy) is 2. The fraction of sp³-hybridized carbons (Fsp3) is 0.316. The molecule has 0 aromatic heterocycles. The van der Waals surface area contributed by atoms with E-state index in [1.807, 2.05) is 48.3 Å². The highest BCUT2D eigenvalue weighted by Gasteiger charge is 2.28. The molecule has 5 nitrogen and oxygen atoms in total. The molecule has 0 amide bonds. The second kappa shape index (κ2) is 7.36. The zero-order valence-electron chi connectivity index (χ0n) is 14.1. The van der Waals surface area contributed by atoms with Gasteiger partial charge in [0.05, 0.1) is 31.2 Å². The predicted molar refractivity (Wildman–Crippen MR) is 96.9 cm³/mol. The zero-order chi connectivity index (χ0) is 16.9. The summed E-state index contributed by atoms with van der Waals surface area (Å²) in [6.07, 6.45) is 0.830. The van der Waals surface area contributed by atoms with Crippen LogP contribution in [-0.4, -0.2) is 26.0 Å². The number of hydrogen-bond acceptors (Lipinski definition) is 5. The van der Waals surface area contributed by atoms with Crippen molar-refractivity contribution in [2.45, 2.75) is 19.4 Å². The lowest BCUT2D eigenvalue weighted by Gasteiger charge is -2.24. The Balaban J connectivity index is 1.87. The van der Waals surface area contributed by atoms with Crippen molar-refractivity contribution in [3.05, 3.63) is 54.1 Å². The number of nitrogens with zero attached hydrogens (tertiary/aromatic N) is 2. The average Bonchev–Trinajstić information content (AvgIpc) is 3.07. The van der Waals surface area contributed by atoms with Crippen LogP contribution in [0.25, 0.3) is 0 Å². The summed E-state index contributed by atoms with van der Waals surface area (Å²) in [6, 6.07) is 16.3. The minimum atomic E-state index is 0.146. The summed E-state index contributed by atoms with van der Waals surface area (Å²) in [5.41, 5.74) is 9.05.